The molecule has 2 rings (SSSR count). The Hall–Kier alpha value is -1.77. The summed E-state index contributed by atoms with van der Waals surface area (Å²) in [6, 6.07) is 8.73. The van der Waals surface area contributed by atoms with Crippen molar-refractivity contribution < 1.29 is 0 Å². The molecular formula is C18H27N3. The zero-order valence-corrected chi connectivity index (χ0v) is 13.6. The Morgan fingerprint density at radius 1 is 1.14 bits per heavy atom. The van der Waals surface area contributed by atoms with Crippen molar-refractivity contribution in [3.63, 3.8) is 0 Å². The molecule has 3 heteroatoms. The number of benzene rings is 1. The van der Waals surface area contributed by atoms with Crippen LogP contribution >= 0.6 is 0 Å². The minimum Gasteiger partial charge on any atom is -0.399 e. The molecule has 1 heterocycles. The molecule has 0 bridgehead atoms. The van der Waals surface area contributed by atoms with E-state index in [1.807, 2.05) is 18.3 Å². The smallest absolute Gasteiger partial charge is 0.0743 e. The van der Waals surface area contributed by atoms with Crippen molar-refractivity contribution in [1.82, 2.24) is 4.98 Å². The number of hydrogen-bond donors (Lipinski definition) is 1. The number of hydrogen-bond acceptors (Lipinski definition) is 3. The quantitative estimate of drug-likeness (QED) is 0.796. The third-order valence-electron chi connectivity index (χ3n) is 4.00. The Morgan fingerprint density at radius 3 is 2.48 bits per heavy atom. The Kier molecular flexibility index (Phi) is 5.05. The Labute approximate surface area is 128 Å². The van der Waals surface area contributed by atoms with Crippen molar-refractivity contribution in [2.24, 2.45) is 5.92 Å². The average Bonchev–Trinajstić information content (AvgIpc) is 2.46. The number of pyridine rings is 1. The number of nitrogen functional groups attached to an aromatic ring is 1. The van der Waals surface area contributed by atoms with E-state index in [1.54, 1.807) is 0 Å². The molecule has 2 N–H and O–H groups in total. The van der Waals surface area contributed by atoms with Crippen LogP contribution in [0.3, 0.4) is 0 Å². The fraction of sp³-hybridized carbons (Fsp3) is 0.500. The summed E-state index contributed by atoms with van der Waals surface area (Å²) in [6.45, 7) is 10.1. The summed E-state index contributed by atoms with van der Waals surface area (Å²) in [5.74, 6) is 0.627. The number of fused-ring (bicyclic) bond motifs is 1. The van der Waals surface area contributed by atoms with Gasteiger partial charge in [0.1, 0.15) is 0 Å². The van der Waals surface area contributed by atoms with Crippen LogP contribution in [0.2, 0.25) is 0 Å². The Balaban J connectivity index is 2.53. The maximum Gasteiger partial charge on any atom is 0.0743 e. The van der Waals surface area contributed by atoms with Crippen LogP contribution in [0.4, 0.5) is 11.4 Å². The number of rotatable bonds is 6. The summed E-state index contributed by atoms with van der Waals surface area (Å²) < 4.78 is 0. The Bertz CT molecular complexity index is 588. The van der Waals surface area contributed by atoms with Crippen LogP contribution in [-0.4, -0.2) is 17.6 Å². The van der Waals surface area contributed by atoms with Crippen molar-refractivity contribution in [2.75, 3.05) is 17.2 Å². The normalized spacial score (nSPS) is 11.5. The molecule has 0 saturated heterocycles. The second kappa shape index (κ2) is 6.79. The monoisotopic (exact) mass is 285 g/mol. The fourth-order valence-corrected chi connectivity index (χ4v) is 2.97. The van der Waals surface area contributed by atoms with Crippen molar-refractivity contribution in [3.8, 4) is 0 Å². The van der Waals surface area contributed by atoms with E-state index < -0.39 is 0 Å². The second-order valence-electron chi connectivity index (χ2n) is 6.12. The van der Waals surface area contributed by atoms with Gasteiger partial charge in [0.05, 0.1) is 5.52 Å². The maximum absolute atomic E-state index is 5.89. The summed E-state index contributed by atoms with van der Waals surface area (Å²) in [6.07, 6.45) is 4.21. The molecular weight excluding hydrogens is 258 g/mol. The lowest BCUT2D eigenvalue weighted by Crippen LogP contribution is -2.37. The molecule has 0 radical (unpaired) electrons. The molecule has 0 fully saturated rings. The maximum atomic E-state index is 5.89. The zero-order valence-electron chi connectivity index (χ0n) is 13.6. The molecule has 114 valence electrons. The van der Waals surface area contributed by atoms with Gasteiger partial charge in [-0.15, -0.1) is 0 Å². The molecule has 0 amide bonds. The van der Waals surface area contributed by atoms with Crippen LogP contribution in [0, 0.1) is 5.92 Å². The van der Waals surface area contributed by atoms with Gasteiger partial charge in [-0.05, 0) is 43.0 Å². The van der Waals surface area contributed by atoms with Crippen LogP contribution in [0.1, 0.15) is 40.5 Å². The van der Waals surface area contributed by atoms with E-state index >= 15 is 0 Å². The highest BCUT2D eigenvalue weighted by Gasteiger charge is 2.19. The first-order valence-corrected chi connectivity index (χ1v) is 7.97. The highest BCUT2D eigenvalue weighted by atomic mass is 15.2. The van der Waals surface area contributed by atoms with Crippen LogP contribution in [0.15, 0.2) is 30.5 Å². The molecule has 0 saturated carbocycles. The van der Waals surface area contributed by atoms with E-state index in [-0.39, 0.29) is 0 Å². The van der Waals surface area contributed by atoms with Gasteiger partial charge in [0, 0.05) is 35.5 Å². The van der Waals surface area contributed by atoms with Crippen LogP contribution < -0.4 is 10.6 Å². The fourth-order valence-electron chi connectivity index (χ4n) is 2.97. The predicted octanol–water partition coefficient (Wildman–Crippen LogP) is 4.47. The minimum atomic E-state index is 0.565. The molecule has 0 aliphatic rings. The predicted molar refractivity (Wildman–Crippen MR) is 92.7 cm³/mol. The van der Waals surface area contributed by atoms with Crippen molar-refractivity contribution >= 4 is 22.3 Å². The molecule has 0 unspecified atom stereocenters. The molecule has 0 aliphatic heterocycles. The standard InChI is InChI=1S/C18H27N3/c1-5-15(6-2)21(12-13(3)4)18-9-10-20-17-11-14(19)7-8-16(17)18/h7-11,13,15H,5-6,12,19H2,1-4H3. The number of anilines is 2. The van der Waals surface area contributed by atoms with E-state index in [0.29, 0.717) is 12.0 Å². The van der Waals surface area contributed by atoms with Crippen LogP contribution in [-0.2, 0) is 0 Å². The summed E-state index contributed by atoms with van der Waals surface area (Å²) >= 11 is 0. The average molecular weight is 285 g/mol. The van der Waals surface area contributed by atoms with E-state index in [2.05, 4.69) is 49.7 Å². The molecule has 3 nitrogen and oxygen atoms in total. The zero-order chi connectivity index (χ0) is 15.4. The highest BCUT2D eigenvalue weighted by molar-refractivity contribution is 5.93. The molecule has 21 heavy (non-hydrogen) atoms. The van der Waals surface area contributed by atoms with E-state index in [4.69, 9.17) is 5.73 Å². The first-order valence-electron chi connectivity index (χ1n) is 7.97. The third kappa shape index (κ3) is 3.46. The van der Waals surface area contributed by atoms with Crippen LogP contribution in [0.25, 0.3) is 10.9 Å². The highest BCUT2D eigenvalue weighted by Crippen LogP contribution is 2.30. The molecule has 0 aliphatic carbocycles. The summed E-state index contributed by atoms with van der Waals surface area (Å²) in [5.41, 5.74) is 8.92. The van der Waals surface area contributed by atoms with Gasteiger partial charge >= 0.3 is 0 Å². The minimum absolute atomic E-state index is 0.565. The molecule has 2 aromatic rings. The summed E-state index contributed by atoms with van der Waals surface area (Å²) in [5, 5.41) is 1.19. The second-order valence-corrected chi connectivity index (χ2v) is 6.12. The first-order chi connectivity index (χ1) is 10.1. The largest absolute Gasteiger partial charge is 0.399 e. The van der Waals surface area contributed by atoms with Gasteiger partial charge in [0.2, 0.25) is 0 Å². The van der Waals surface area contributed by atoms with Crippen molar-refractivity contribution in [1.29, 1.82) is 0 Å². The SMILES string of the molecule is CCC(CC)N(CC(C)C)c1ccnc2cc(N)ccc12. The number of nitrogens with zero attached hydrogens (tertiary/aromatic N) is 2. The molecule has 1 aromatic carbocycles. The number of aromatic nitrogens is 1. The first kappa shape index (κ1) is 15.6. The van der Waals surface area contributed by atoms with E-state index in [0.717, 1.165) is 30.6 Å². The topological polar surface area (TPSA) is 42.2 Å². The molecule has 1 aromatic heterocycles. The van der Waals surface area contributed by atoms with Gasteiger partial charge in [-0.3, -0.25) is 4.98 Å². The van der Waals surface area contributed by atoms with E-state index in [9.17, 15) is 0 Å². The molecule has 0 spiro atoms. The summed E-state index contributed by atoms with van der Waals surface area (Å²) in [7, 11) is 0. The third-order valence-corrected chi connectivity index (χ3v) is 4.00. The lowest BCUT2D eigenvalue weighted by Gasteiger charge is -2.35. The number of nitrogens with two attached hydrogens (primary N) is 1. The van der Waals surface area contributed by atoms with Gasteiger partial charge in [-0.1, -0.05) is 27.7 Å². The Morgan fingerprint density at radius 2 is 1.86 bits per heavy atom. The van der Waals surface area contributed by atoms with Gasteiger partial charge < -0.3 is 10.6 Å². The van der Waals surface area contributed by atoms with E-state index in [1.165, 1.54) is 11.1 Å². The lowest BCUT2D eigenvalue weighted by molar-refractivity contribution is 0.508. The molecule has 0 atom stereocenters. The summed E-state index contributed by atoms with van der Waals surface area (Å²) in [4.78, 5) is 7.02. The van der Waals surface area contributed by atoms with Gasteiger partial charge in [-0.25, -0.2) is 0 Å². The van der Waals surface area contributed by atoms with Gasteiger partial charge in [-0.2, -0.15) is 0 Å². The lowest BCUT2D eigenvalue weighted by atomic mass is 10.0. The van der Waals surface area contributed by atoms with Gasteiger partial charge in [0.25, 0.3) is 0 Å². The van der Waals surface area contributed by atoms with Crippen LogP contribution in [0.5, 0.6) is 0 Å². The van der Waals surface area contributed by atoms with Crippen molar-refractivity contribution in [3.05, 3.63) is 30.5 Å². The van der Waals surface area contributed by atoms with Gasteiger partial charge in [0.15, 0.2) is 0 Å². The van der Waals surface area contributed by atoms with Crippen molar-refractivity contribution in [2.45, 2.75) is 46.6 Å².